The molecule has 10 nitrogen and oxygen atoms in total. The van der Waals surface area contributed by atoms with Gasteiger partial charge in [0.1, 0.15) is 12.1 Å². The maximum atomic E-state index is 12.6. The van der Waals surface area contributed by atoms with Crippen LogP contribution < -0.4 is 20.7 Å². The van der Waals surface area contributed by atoms with E-state index in [9.17, 15) is 18.0 Å². The Kier molecular flexibility index (Phi) is 6.11. The van der Waals surface area contributed by atoms with Crippen LogP contribution in [0.4, 0.5) is 0 Å². The average molecular weight is 490 g/mol. The van der Waals surface area contributed by atoms with Crippen LogP contribution in [-0.4, -0.2) is 40.7 Å². The zero-order valence-electron chi connectivity index (χ0n) is 17.7. The number of halogens is 1. The van der Waals surface area contributed by atoms with Crippen LogP contribution in [0.1, 0.15) is 0 Å². The van der Waals surface area contributed by atoms with E-state index in [-0.39, 0.29) is 18.0 Å². The number of aromatic nitrogens is 4. The van der Waals surface area contributed by atoms with Gasteiger partial charge in [0, 0.05) is 38.6 Å². The van der Waals surface area contributed by atoms with E-state index in [4.69, 9.17) is 16.3 Å². The molecule has 0 saturated carbocycles. The molecule has 33 heavy (non-hydrogen) atoms. The predicted molar refractivity (Wildman–Crippen MR) is 124 cm³/mol. The second-order valence-corrected chi connectivity index (χ2v) is 9.44. The number of sulfonamides is 1. The van der Waals surface area contributed by atoms with Crippen molar-refractivity contribution < 1.29 is 13.2 Å². The lowest BCUT2D eigenvalue weighted by molar-refractivity contribution is 0.310. The molecule has 0 aliphatic rings. The number of aromatic amines is 1. The summed E-state index contributed by atoms with van der Waals surface area (Å²) < 4.78 is 35.4. The summed E-state index contributed by atoms with van der Waals surface area (Å²) >= 11 is 5.76. The quantitative estimate of drug-likeness (QED) is 0.380. The second-order valence-electron chi connectivity index (χ2n) is 7.23. The minimum absolute atomic E-state index is 0.0493. The van der Waals surface area contributed by atoms with Gasteiger partial charge < -0.3 is 9.72 Å². The summed E-state index contributed by atoms with van der Waals surface area (Å²) in [4.78, 5) is 31.6. The number of fused-ring (bicyclic) bond motifs is 1. The van der Waals surface area contributed by atoms with Crippen LogP contribution in [0.25, 0.3) is 22.3 Å². The Morgan fingerprint density at radius 2 is 1.82 bits per heavy atom. The number of benzene rings is 1. The van der Waals surface area contributed by atoms with Gasteiger partial charge in [-0.25, -0.2) is 22.9 Å². The Morgan fingerprint density at radius 3 is 2.48 bits per heavy atom. The van der Waals surface area contributed by atoms with Gasteiger partial charge in [-0.3, -0.25) is 13.9 Å². The van der Waals surface area contributed by atoms with Crippen molar-refractivity contribution in [2.24, 2.45) is 14.1 Å². The van der Waals surface area contributed by atoms with E-state index in [1.165, 1.54) is 29.9 Å². The van der Waals surface area contributed by atoms with Crippen LogP contribution in [0.5, 0.6) is 5.88 Å². The number of hydrogen-bond acceptors (Lipinski definition) is 6. The minimum atomic E-state index is -3.75. The number of hydrogen-bond donors (Lipinski definition) is 2. The molecule has 0 amide bonds. The molecule has 0 atom stereocenters. The number of nitrogens with zero attached hydrogens (tertiary/aromatic N) is 3. The van der Waals surface area contributed by atoms with Gasteiger partial charge in [-0.2, -0.15) is 0 Å². The molecule has 1 aromatic carbocycles. The van der Waals surface area contributed by atoms with Crippen molar-refractivity contribution in [2.45, 2.75) is 4.90 Å². The molecular formula is C21H20ClN5O5S. The topological polar surface area (TPSA) is 128 Å². The van der Waals surface area contributed by atoms with Crippen molar-refractivity contribution in [3.05, 3.63) is 74.5 Å². The third-order valence-corrected chi connectivity index (χ3v) is 6.77. The van der Waals surface area contributed by atoms with Gasteiger partial charge >= 0.3 is 5.69 Å². The first-order valence-corrected chi connectivity index (χ1v) is 11.7. The number of rotatable bonds is 7. The van der Waals surface area contributed by atoms with Crippen molar-refractivity contribution in [3.63, 3.8) is 0 Å². The second kappa shape index (κ2) is 8.85. The number of ether oxygens (including phenoxy) is 1. The van der Waals surface area contributed by atoms with E-state index in [1.54, 1.807) is 37.4 Å². The molecule has 0 saturated heterocycles. The van der Waals surface area contributed by atoms with Crippen LogP contribution >= 0.6 is 11.6 Å². The zero-order valence-corrected chi connectivity index (χ0v) is 19.3. The Hall–Kier alpha value is -3.41. The molecule has 0 aliphatic heterocycles. The summed E-state index contributed by atoms with van der Waals surface area (Å²) in [5.74, 6) is 0.341. The van der Waals surface area contributed by atoms with Gasteiger partial charge in [-0.05, 0) is 29.8 Å². The highest BCUT2D eigenvalue weighted by Gasteiger charge is 2.16. The van der Waals surface area contributed by atoms with Gasteiger partial charge in [0.25, 0.3) is 5.56 Å². The average Bonchev–Trinajstić information content (AvgIpc) is 3.26. The lowest BCUT2D eigenvalue weighted by Crippen LogP contribution is -2.36. The Labute approximate surface area is 193 Å². The van der Waals surface area contributed by atoms with E-state index >= 15 is 0 Å². The van der Waals surface area contributed by atoms with E-state index in [2.05, 4.69) is 14.7 Å². The minimum Gasteiger partial charge on any atom is -0.476 e. The third-order valence-electron chi connectivity index (χ3n) is 5.07. The first-order valence-electron chi connectivity index (χ1n) is 9.80. The van der Waals surface area contributed by atoms with Crippen LogP contribution in [0, 0.1) is 0 Å². The fraction of sp³-hybridized carbons (Fsp3) is 0.190. The molecule has 12 heteroatoms. The number of nitrogens with one attached hydrogen (secondary N) is 2. The normalized spacial score (nSPS) is 11.7. The highest BCUT2D eigenvalue weighted by atomic mass is 35.5. The molecule has 3 aromatic heterocycles. The fourth-order valence-corrected chi connectivity index (χ4v) is 4.41. The van der Waals surface area contributed by atoms with E-state index in [0.717, 1.165) is 4.57 Å². The van der Waals surface area contributed by atoms with Gasteiger partial charge in [-0.1, -0.05) is 23.7 Å². The Balaban J connectivity index is 1.47. The molecule has 0 radical (unpaired) electrons. The first kappa shape index (κ1) is 22.8. The first-order chi connectivity index (χ1) is 15.7. The molecule has 172 valence electrons. The lowest BCUT2D eigenvalue weighted by atomic mass is 10.1. The van der Waals surface area contributed by atoms with Crippen molar-refractivity contribution in [2.75, 3.05) is 13.2 Å². The molecule has 0 spiro atoms. The summed E-state index contributed by atoms with van der Waals surface area (Å²) in [6.45, 7) is 0.141. The molecule has 2 N–H and O–H groups in total. The van der Waals surface area contributed by atoms with Crippen molar-refractivity contribution >= 4 is 32.7 Å². The summed E-state index contributed by atoms with van der Waals surface area (Å²) in [7, 11) is -0.760. The van der Waals surface area contributed by atoms with Gasteiger partial charge in [0.05, 0.1) is 15.4 Å². The number of H-pyrrole nitrogens is 1. The summed E-state index contributed by atoms with van der Waals surface area (Å²) in [5.41, 5.74) is 1.15. The zero-order chi connectivity index (χ0) is 23.8. The summed E-state index contributed by atoms with van der Waals surface area (Å²) in [6.07, 6.45) is 1.44. The van der Waals surface area contributed by atoms with E-state index < -0.39 is 21.3 Å². The maximum Gasteiger partial charge on any atom is 0.331 e. The molecule has 4 aromatic rings. The molecule has 0 unspecified atom stereocenters. The Morgan fingerprint density at radius 1 is 1.09 bits per heavy atom. The fourth-order valence-electron chi connectivity index (χ4n) is 3.29. The Bertz CT molecular complexity index is 1540. The molecular weight excluding hydrogens is 470 g/mol. The lowest BCUT2D eigenvalue weighted by Gasteiger charge is -2.08. The molecule has 0 aliphatic carbocycles. The van der Waals surface area contributed by atoms with Gasteiger partial charge in [0.15, 0.2) is 0 Å². The standard InChI is InChI=1S/C21H20ClN5O5S/c1-26-17-11-16(25-19(17)20(28)27(2)21(26)29)13-3-6-15(7-4-13)33(30,31)24-9-10-32-18-8-5-14(22)12-23-18/h3-8,11-12,24-25H,9-10H2,1-2H3. The van der Waals surface area contributed by atoms with E-state index in [1.807, 2.05) is 0 Å². The van der Waals surface area contributed by atoms with Crippen molar-refractivity contribution in [1.82, 2.24) is 23.8 Å². The largest absolute Gasteiger partial charge is 0.476 e. The highest BCUT2D eigenvalue weighted by Crippen LogP contribution is 2.23. The molecule has 4 rings (SSSR count). The van der Waals surface area contributed by atoms with E-state index in [0.29, 0.717) is 33.2 Å². The van der Waals surface area contributed by atoms with Crippen LogP contribution in [0.2, 0.25) is 5.02 Å². The van der Waals surface area contributed by atoms with Crippen LogP contribution in [-0.2, 0) is 24.1 Å². The van der Waals surface area contributed by atoms with Crippen LogP contribution in [0.15, 0.2) is 63.1 Å². The molecule has 0 bridgehead atoms. The summed E-state index contributed by atoms with van der Waals surface area (Å²) in [6, 6.07) is 11.1. The predicted octanol–water partition coefficient (Wildman–Crippen LogP) is 1.64. The third kappa shape index (κ3) is 4.56. The number of pyridine rings is 1. The smallest absolute Gasteiger partial charge is 0.331 e. The molecule has 3 heterocycles. The van der Waals surface area contributed by atoms with Crippen molar-refractivity contribution in [1.29, 1.82) is 0 Å². The number of aryl methyl sites for hydroxylation is 1. The highest BCUT2D eigenvalue weighted by molar-refractivity contribution is 7.89. The van der Waals surface area contributed by atoms with Gasteiger partial charge in [0.2, 0.25) is 15.9 Å². The monoisotopic (exact) mass is 489 g/mol. The van der Waals surface area contributed by atoms with Gasteiger partial charge in [-0.15, -0.1) is 0 Å². The molecule has 0 fully saturated rings. The van der Waals surface area contributed by atoms with Crippen molar-refractivity contribution in [3.8, 4) is 17.1 Å². The summed E-state index contributed by atoms with van der Waals surface area (Å²) in [5, 5.41) is 0.477. The maximum absolute atomic E-state index is 12.6. The van der Waals surface area contributed by atoms with Crippen LogP contribution in [0.3, 0.4) is 0 Å². The SMILES string of the molecule is Cn1c(=O)c2[nH]c(-c3ccc(S(=O)(=O)NCCOc4ccc(Cl)cn4)cc3)cc2n(C)c1=O.